The maximum absolute atomic E-state index is 11.0. The van der Waals surface area contributed by atoms with Gasteiger partial charge in [-0.3, -0.25) is 4.79 Å². The molecule has 1 unspecified atom stereocenters. The maximum atomic E-state index is 11.0. The number of ether oxygens (including phenoxy) is 1. The monoisotopic (exact) mass is 246 g/mol. The topological polar surface area (TPSA) is 83.5 Å². The van der Waals surface area contributed by atoms with Crippen molar-refractivity contribution in [1.29, 1.82) is 0 Å². The summed E-state index contributed by atoms with van der Waals surface area (Å²) in [5.74, 6) is -1.02. The molecule has 0 aliphatic carbocycles. The Hall–Kier alpha value is 0.380. The van der Waals surface area contributed by atoms with Crippen LogP contribution in [0.2, 0.25) is 0 Å². The third-order valence-corrected chi connectivity index (χ3v) is 2.59. The van der Waals surface area contributed by atoms with Crippen molar-refractivity contribution in [1.82, 2.24) is 0 Å². The Morgan fingerprint density at radius 2 is 2.00 bits per heavy atom. The molecule has 0 aromatic carbocycles. The third-order valence-electron chi connectivity index (χ3n) is 1.80. The molecule has 84 valence electrons. The van der Waals surface area contributed by atoms with Crippen LogP contribution in [0, 0.1) is 5.92 Å². The first-order valence-electron chi connectivity index (χ1n) is 4.47. The Balaban J connectivity index is 0. The predicted molar refractivity (Wildman–Crippen MR) is 49.6 cm³/mol. The van der Waals surface area contributed by atoms with E-state index in [1.807, 2.05) is 6.92 Å². The molecular weight excluding hydrogens is 231 g/mol. The van der Waals surface area contributed by atoms with Gasteiger partial charge in [-0.1, -0.05) is 13.8 Å². The van der Waals surface area contributed by atoms with Crippen LogP contribution in [-0.2, 0) is 19.6 Å². The molecule has 1 atom stereocenters. The number of hydrogen-bond donors (Lipinski definition) is 0. The molecule has 0 bridgehead atoms. The van der Waals surface area contributed by atoms with E-state index in [4.69, 9.17) is 4.74 Å². The SMILES string of the molecule is CCC(C)C(=O)OCCCS(=O)(=O)[O-].[Na+]. The van der Waals surface area contributed by atoms with Gasteiger partial charge in [0.15, 0.2) is 0 Å². The molecule has 7 heteroatoms. The maximum Gasteiger partial charge on any atom is 1.00 e. The van der Waals surface area contributed by atoms with Crippen LogP contribution in [0.15, 0.2) is 0 Å². The molecule has 0 aromatic rings. The molecular formula is C8H15NaO5S. The summed E-state index contributed by atoms with van der Waals surface area (Å²) >= 11 is 0. The summed E-state index contributed by atoms with van der Waals surface area (Å²) in [4.78, 5) is 11.0. The molecule has 15 heavy (non-hydrogen) atoms. The zero-order chi connectivity index (χ0) is 11.2. The standard InChI is InChI=1S/C8H16O5S.Na/c1-3-7(2)8(9)13-5-4-6-14(10,11)12;/h7H,3-6H2,1-2H3,(H,10,11,12);/q;+1/p-1. The Labute approximate surface area is 113 Å². The molecule has 0 aliphatic rings. The van der Waals surface area contributed by atoms with E-state index in [-0.39, 0.29) is 54.5 Å². The zero-order valence-electron chi connectivity index (χ0n) is 9.36. The van der Waals surface area contributed by atoms with Crippen molar-refractivity contribution in [3.05, 3.63) is 0 Å². The zero-order valence-corrected chi connectivity index (χ0v) is 12.2. The fourth-order valence-corrected chi connectivity index (χ4v) is 1.19. The number of rotatable bonds is 6. The van der Waals surface area contributed by atoms with E-state index in [0.717, 1.165) is 0 Å². The van der Waals surface area contributed by atoms with Crippen LogP contribution in [0.5, 0.6) is 0 Å². The quantitative estimate of drug-likeness (QED) is 0.224. The summed E-state index contributed by atoms with van der Waals surface area (Å²) in [5, 5.41) is 0. The van der Waals surface area contributed by atoms with Gasteiger partial charge in [-0.25, -0.2) is 8.42 Å². The van der Waals surface area contributed by atoms with E-state index < -0.39 is 15.9 Å². The average Bonchev–Trinajstić information content (AvgIpc) is 2.09. The average molecular weight is 246 g/mol. The molecule has 0 amide bonds. The smallest absolute Gasteiger partial charge is 0.748 e. The first-order chi connectivity index (χ1) is 6.37. The van der Waals surface area contributed by atoms with Crippen LogP contribution >= 0.6 is 0 Å². The van der Waals surface area contributed by atoms with Gasteiger partial charge in [0.25, 0.3) is 0 Å². The van der Waals surface area contributed by atoms with Crippen LogP contribution in [-0.4, -0.2) is 31.3 Å². The number of esters is 1. The van der Waals surface area contributed by atoms with Gasteiger partial charge < -0.3 is 9.29 Å². The van der Waals surface area contributed by atoms with Gasteiger partial charge >= 0.3 is 35.5 Å². The second-order valence-corrected chi connectivity index (χ2v) is 4.62. The number of carbonyl (C=O) groups is 1. The first kappa shape index (κ1) is 17.8. The number of carbonyl (C=O) groups excluding carboxylic acids is 1. The Kier molecular flexibility index (Phi) is 10.1. The van der Waals surface area contributed by atoms with Crippen LogP contribution < -0.4 is 29.6 Å². The Morgan fingerprint density at radius 3 is 2.40 bits per heavy atom. The van der Waals surface area contributed by atoms with Gasteiger partial charge in [-0.05, 0) is 12.8 Å². The van der Waals surface area contributed by atoms with Gasteiger partial charge in [0.2, 0.25) is 0 Å². The number of hydrogen-bond acceptors (Lipinski definition) is 5. The minimum atomic E-state index is -4.19. The van der Waals surface area contributed by atoms with E-state index in [1.54, 1.807) is 6.92 Å². The molecule has 0 N–H and O–H groups in total. The van der Waals surface area contributed by atoms with Crippen molar-refractivity contribution in [2.45, 2.75) is 26.7 Å². The van der Waals surface area contributed by atoms with Gasteiger partial charge in [0.05, 0.1) is 22.6 Å². The molecule has 5 nitrogen and oxygen atoms in total. The van der Waals surface area contributed by atoms with Gasteiger partial charge in [-0.2, -0.15) is 0 Å². The molecule has 0 saturated carbocycles. The Bertz CT molecular complexity index is 275. The molecule has 0 heterocycles. The summed E-state index contributed by atoms with van der Waals surface area (Å²) in [6, 6.07) is 0. The van der Waals surface area contributed by atoms with Crippen molar-refractivity contribution in [2.75, 3.05) is 12.4 Å². The first-order valence-corrected chi connectivity index (χ1v) is 6.04. The summed E-state index contributed by atoms with van der Waals surface area (Å²) in [6.07, 6.45) is 0.743. The van der Waals surface area contributed by atoms with Crippen LogP contribution in [0.3, 0.4) is 0 Å². The molecule has 0 aliphatic heterocycles. The van der Waals surface area contributed by atoms with Gasteiger partial charge in [0.1, 0.15) is 0 Å². The van der Waals surface area contributed by atoms with E-state index >= 15 is 0 Å². The van der Waals surface area contributed by atoms with Crippen molar-refractivity contribution in [3.63, 3.8) is 0 Å². The molecule has 0 radical (unpaired) electrons. The predicted octanol–water partition coefficient (Wildman–Crippen LogP) is -2.48. The molecule has 0 rings (SSSR count). The summed E-state index contributed by atoms with van der Waals surface area (Å²) in [6.45, 7) is 3.57. The van der Waals surface area contributed by atoms with Gasteiger partial charge in [-0.15, -0.1) is 0 Å². The van der Waals surface area contributed by atoms with Crippen LogP contribution in [0.1, 0.15) is 26.7 Å². The summed E-state index contributed by atoms with van der Waals surface area (Å²) < 4.78 is 35.3. The van der Waals surface area contributed by atoms with Crippen molar-refractivity contribution >= 4 is 16.1 Å². The van der Waals surface area contributed by atoms with E-state index in [1.165, 1.54) is 0 Å². The minimum Gasteiger partial charge on any atom is -0.748 e. The largest absolute Gasteiger partial charge is 1.00 e. The van der Waals surface area contributed by atoms with E-state index in [9.17, 15) is 17.8 Å². The van der Waals surface area contributed by atoms with Crippen LogP contribution in [0.4, 0.5) is 0 Å². The van der Waals surface area contributed by atoms with Gasteiger partial charge in [0, 0.05) is 5.75 Å². The second-order valence-electron chi connectivity index (χ2n) is 3.09. The van der Waals surface area contributed by atoms with Crippen molar-refractivity contribution < 1.29 is 52.1 Å². The molecule has 0 saturated heterocycles. The summed E-state index contributed by atoms with van der Waals surface area (Å²) in [5.41, 5.74) is 0. The normalized spacial score (nSPS) is 12.7. The molecule has 0 aromatic heterocycles. The van der Waals surface area contributed by atoms with Crippen LogP contribution in [0.25, 0.3) is 0 Å². The van der Waals surface area contributed by atoms with Crippen molar-refractivity contribution in [2.24, 2.45) is 5.92 Å². The fraction of sp³-hybridized carbons (Fsp3) is 0.875. The second kappa shape index (κ2) is 8.52. The summed E-state index contributed by atoms with van der Waals surface area (Å²) in [7, 11) is -4.19. The Morgan fingerprint density at radius 1 is 1.47 bits per heavy atom. The van der Waals surface area contributed by atoms with E-state index in [0.29, 0.717) is 6.42 Å². The fourth-order valence-electron chi connectivity index (χ4n) is 0.717. The minimum absolute atomic E-state index is 0. The van der Waals surface area contributed by atoms with E-state index in [2.05, 4.69) is 0 Å². The molecule has 0 fully saturated rings. The third kappa shape index (κ3) is 10.7. The van der Waals surface area contributed by atoms with Crippen molar-refractivity contribution in [3.8, 4) is 0 Å². The molecule has 0 spiro atoms.